The van der Waals surface area contributed by atoms with E-state index in [1.54, 1.807) is 0 Å². The molecule has 1 heterocycles. The lowest BCUT2D eigenvalue weighted by atomic mass is 10.1. The molecule has 1 aromatic carbocycles. The number of hydrogen-bond acceptors (Lipinski definition) is 2. The first-order chi connectivity index (χ1) is 8.95. The smallest absolute Gasteiger partial charge is 0.0205 e. The van der Waals surface area contributed by atoms with Gasteiger partial charge < -0.3 is 10.2 Å². The number of hydrogen-bond donors (Lipinski definition) is 1. The highest BCUT2D eigenvalue weighted by atomic mass is 15.1. The molecule has 2 nitrogen and oxygen atoms in total. The van der Waals surface area contributed by atoms with Crippen molar-refractivity contribution in [3.05, 3.63) is 35.9 Å². The number of unbranched alkanes of at least 4 members (excludes halogenated alkanes) is 1. The largest absolute Gasteiger partial charge is 0.313 e. The van der Waals surface area contributed by atoms with Gasteiger partial charge in [0, 0.05) is 6.54 Å². The summed E-state index contributed by atoms with van der Waals surface area (Å²) in [4.78, 5) is 2.63. The molecule has 0 atom stereocenters. The Morgan fingerprint density at radius 3 is 2.50 bits per heavy atom. The number of benzene rings is 1. The van der Waals surface area contributed by atoms with Crippen LogP contribution in [0.5, 0.6) is 0 Å². The molecule has 1 saturated heterocycles. The van der Waals surface area contributed by atoms with Gasteiger partial charge in [0.1, 0.15) is 0 Å². The summed E-state index contributed by atoms with van der Waals surface area (Å²) in [5.74, 6) is 0. The number of rotatable bonds is 7. The maximum absolute atomic E-state index is 3.52. The fraction of sp³-hybridized carbons (Fsp3) is 0.625. The molecule has 2 heteroatoms. The van der Waals surface area contributed by atoms with Crippen molar-refractivity contribution in [1.82, 2.24) is 10.2 Å². The first-order valence-corrected chi connectivity index (χ1v) is 7.42. The molecule has 1 aliphatic rings. The van der Waals surface area contributed by atoms with Crippen LogP contribution in [0.1, 0.15) is 37.7 Å². The summed E-state index contributed by atoms with van der Waals surface area (Å²) >= 11 is 0. The Bertz CT molecular complexity index is 304. The SMILES string of the molecule is c1ccc(CNCCCCN2CCCCC2)cc1. The number of piperidine rings is 1. The third kappa shape index (κ3) is 5.19. The van der Waals surface area contributed by atoms with Gasteiger partial charge >= 0.3 is 0 Å². The van der Waals surface area contributed by atoms with Gasteiger partial charge in [0.2, 0.25) is 0 Å². The van der Waals surface area contributed by atoms with Gasteiger partial charge in [0.25, 0.3) is 0 Å². The highest BCUT2D eigenvalue weighted by Crippen LogP contribution is 2.09. The van der Waals surface area contributed by atoms with Gasteiger partial charge in [0.15, 0.2) is 0 Å². The van der Waals surface area contributed by atoms with Crippen LogP contribution >= 0.6 is 0 Å². The molecule has 1 aromatic rings. The summed E-state index contributed by atoms with van der Waals surface area (Å²) < 4.78 is 0. The van der Waals surface area contributed by atoms with E-state index in [1.807, 2.05) is 0 Å². The quantitative estimate of drug-likeness (QED) is 0.744. The average molecular weight is 246 g/mol. The zero-order valence-electron chi connectivity index (χ0n) is 11.4. The zero-order valence-corrected chi connectivity index (χ0v) is 11.4. The van der Waals surface area contributed by atoms with E-state index in [1.165, 1.54) is 57.3 Å². The highest BCUT2D eigenvalue weighted by Gasteiger charge is 2.08. The van der Waals surface area contributed by atoms with Crippen LogP contribution in [0.2, 0.25) is 0 Å². The van der Waals surface area contributed by atoms with Gasteiger partial charge in [0.05, 0.1) is 0 Å². The summed E-state index contributed by atoms with van der Waals surface area (Å²) in [7, 11) is 0. The second-order valence-corrected chi connectivity index (χ2v) is 5.27. The molecule has 0 spiro atoms. The van der Waals surface area contributed by atoms with Crippen LogP contribution in [-0.2, 0) is 6.54 Å². The molecule has 1 fully saturated rings. The van der Waals surface area contributed by atoms with Crippen LogP contribution in [-0.4, -0.2) is 31.1 Å². The molecule has 18 heavy (non-hydrogen) atoms. The van der Waals surface area contributed by atoms with Crippen molar-refractivity contribution in [3.8, 4) is 0 Å². The minimum Gasteiger partial charge on any atom is -0.313 e. The number of nitrogens with one attached hydrogen (secondary N) is 1. The Labute approximate surface area is 111 Å². The van der Waals surface area contributed by atoms with E-state index in [9.17, 15) is 0 Å². The molecule has 0 amide bonds. The van der Waals surface area contributed by atoms with E-state index in [-0.39, 0.29) is 0 Å². The summed E-state index contributed by atoms with van der Waals surface area (Å²) in [6, 6.07) is 10.6. The predicted octanol–water partition coefficient (Wildman–Crippen LogP) is 3.04. The topological polar surface area (TPSA) is 15.3 Å². The van der Waals surface area contributed by atoms with Crippen molar-refractivity contribution in [3.63, 3.8) is 0 Å². The fourth-order valence-corrected chi connectivity index (χ4v) is 2.60. The second kappa shape index (κ2) is 8.28. The van der Waals surface area contributed by atoms with Crippen molar-refractivity contribution >= 4 is 0 Å². The zero-order chi connectivity index (χ0) is 12.5. The van der Waals surface area contributed by atoms with Crippen molar-refractivity contribution in [2.45, 2.75) is 38.6 Å². The minimum atomic E-state index is 1.00. The Balaban J connectivity index is 1.46. The molecular formula is C16H26N2. The second-order valence-electron chi connectivity index (χ2n) is 5.27. The van der Waals surface area contributed by atoms with E-state index >= 15 is 0 Å². The van der Waals surface area contributed by atoms with Crippen LogP contribution in [0.3, 0.4) is 0 Å². The Kier molecular flexibility index (Phi) is 6.24. The monoisotopic (exact) mass is 246 g/mol. The molecule has 0 radical (unpaired) electrons. The maximum atomic E-state index is 3.52. The first-order valence-electron chi connectivity index (χ1n) is 7.42. The summed E-state index contributed by atoms with van der Waals surface area (Å²) in [6.07, 6.45) is 6.89. The van der Waals surface area contributed by atoms with Gasteiger partial charge in [-0.3, -0.25) is 0 Å². The van der Waals surface area contributed by atoms with Crippen LogP contribution in [0, 0.1) is 0 Å². The molecule has 0 aliphatic carbocycles. The van der Waals surface area contributed by atoms with Gasteiger partial charge in [-0.15, -0.1) is 0 Å². The lowest BCUT2D eigenvalue weighted by Gasteiger charge is -2.26. The van der Waals surface area contributed by atoms with Gasteiger partial charge in [-0.25, -0.2) is 0 Å². The maximum Gasteiger partial charge on any atom is 0.0205 e. The van der Waals surface area contributed by atoms with Gasteiger partial charge in [-0.1, -0.05) is 36.8 Å². The standard InChI is InChI=1S/C16H26N2/c1-3-9-16(10-4-1)15-17-11-5-8-14-18-12-6-2-7-13-18/h1,3-4,9-10,17H,2,5-8,11-15H2. The third-order valence-electron chi connectivity index (χ3n) is 3.70. The van der Waals surface area contributed by atoms with E-state index < -0.39 is 0 Å². The number of likely N-dealkylation sites (tertiary alicyclic amines) is 1. The minimum absolute atomic E-state index is 1.00. The van der Waals surface area contributed by atoms with Crippen LogP contribution in [0.25, 0.3) is 0 Å². The van der Waals surface area contributed by atoms with Crippen molar-refractivity contribution in [2.75, 3.05) is 26.2 Å². The third-order valence-corrected chi connectivity index (χ3v) is 3.70. The van der Waals surface area contributed by atoms with E-state index in [4.69, 9.17) is 0 Å². The summed E-state index contributed by atoms with van der Waals surface area (Å²) in [6.45, 7) is 6.11. The van der Waals surface area contributed by atoms with Gasteiger partial charge in [-0.05, 0) is 57.4 Å². The van der Waals surface area contributed by atoms with Crippen LogP contribution in [0.15, 0.2) is 30.3 Å². The van der Waals surface area contributed by atoms with Crippen molar-refractivity contribution in [2.24, 2.45) is 0 Å². The lowest BCUT2D eigenvalue weighted by molar-refractivity contribution is 0.224. The van der Waals surface area contributed by atoms with Crippen LogP contribution < -0.4 is 5.32 Å². The molecule has 100 valence electrons. The average Bonchev–Trinajstić information content (AvgIpc) is 2.45. The van der Waals surface area contributed by atoms with Gasteiger partial charge in [-0.2, -0.15) is 0 Å². The molecule has 0 bridgehead atoms. The normalized spacial score (nSPS) is 16.9. The van der Waals surface area contributed by atoms with Crippen molar-refractivity contribution in [1.29, 1.82) is 0 Å². The van der Waals surface area contributed by atoms with E-state index in [0.29, 0.717) is 0 Å². The van der Waals surface area contributed by atoms with E-state index in [0.717, 1.165) is 13.1 Å². The molecule has 0 unspecified atom stereocenters. The summed E-state index contributed by atoms with van der Waals surface area (Å²) in [5.41, 5.74) is 1.38. The molecule has 0 aromatic heterocycles. The molecule has 1 N–H and O–H groups in total. The first kappa shape index (κ1) is 13.6. The Hall–Kier alpha value is -0.860. The Morgan fingerprint density at radius 2 is 1.72 bits per heavy atom. The molecular weight excluding hydrogens is 220 g/mol. The highest BCUT2D eigenvalue weighted by molar-refractivity contribution is 5.14. The molecule has 1 aliphatic heterocycles. The van der Waals surface area contributed by atoms with Crippen LogP contribution in [0.4, 0.5) is 0 Å². The van der Waals surface area contributed by atoms with E-state index in [2.05, 4.69) is 40.5 Å². The molecule has 2 rings (SSSR count). The summed E-state index contributed by atoms with van der Waals surface area (Å²) in [5, 5.41) is 3.52. The lowest BCUT2D eigenvalue weighted by Crippen LogP contribution is -2.30. The molecule has 0 saturated carbocycles. The predicted molar refractivity (Wildman–Crippen MR) is 77.7 cm³/mol. The van der Waals surface area contributed by atoms with Crippen molar-refractivity contribution < 1.29 is 0 Å². The Morgan fingerprint density at radius 1 is 0.944 bits per heavy atom. The number of nitrogens with zero attached hydrogens (tertiary/aromatic N) is 1. The fourth-order valence-electron chi connectivity index (χ4n) is 2.60.